The number of ether oxygens (including phenoxy) is 1. The van der Waals surface area contributed by atoms with E-state index in [2.05, 4.69) is 29.2 Å². The number of rotatable bonds is 7. The number of pyridine rings is 1. The molecule has 0 aliphatic rings. The van der Waals surface area contributed by atoms with Crippen molar-refractivity contribution in [1.29, 1.82) is 0 Å². The summed E-state index contributed by atoms with van der Waals surface area (Å²) in [6.45, 7) is 8.01. The molecule has 0 fully saturated rings. The third-order valence-electron chi connectivity index (χ3n) is 2.57. The lowest BCUT2D eigenvalue weighted by atomic mass is 10.3. The number of hydrogen-bond donors (Lipinski definition) is 1. The molecule has 0 radical (unpaired) electrons. The van der Waals surface area contributed by atoms with Gasteiger partial charge in [0.2, 0.25) is 0 Å². The Morgan fingerprint density at radius 3 is 2.82 bits per heavy atom. The van der Waals surface area contributed by atoms with E-state index in [9.17, 15) is 0 Å². The molecular formula is C13H23N3O. The summed E-state index contributed by atoms with van der Waals surface area (Å²) in [6.07, 6.45) is 0. The van der Waals surface area contributed by atoms with Gasteiger partial charge in [-0.15, -0.1) is 0 Å². The van der Waals surface area contributed by atoms with Gasteiger partial charge in [0.1, 0.15) is 5.75 Å². The lowest BCUT2D eigenvalue weighted by molar-refractivity contribution is 0.320. The first kappa shape index (κ1) is 13.9. The van der Waals surface area contributed by atoms with Gasteiger partial charge in [-0.05, 0) is 20.5 Å². The van der Waals surface area contributed by atoms with Crippen LogP contribution in [-0.4, -0.2) is 43.7 Å². The number of nitrogens with one attached hydrogen (secondary N) is 1. The highest BCUT2D eigenvalue weighted by Crippen LogP contribution is 2.14. The first-order valence-corrected chi connectivity index (χ1v) is 6.06. The monoisotopic (exact) mass is 237 g/mol. The van der Waals surface area contributed by atoms with Gasteiger partial charge in [-0.2, -0.15) is 0 Å². The molecule has 0 amide bonds. The molecule has 0 saturated heterocycles. The van der Waals surface area contributed by atoms with Crippen LogP contribution in [0.25, 0.3) is 0 Å². The highest BCUT2D eigenvalue weighted by molar-refractivity contribution is 5.26. The van der Waals surface area contributed by atoms with Crippen LogP contribution in [0.15, 0.2) is 12.1 Å². The molecule has 1 heterocycles. The first-order valence-electron chi connectivity index (χ1n) is 6.06. The maximum atomic E-state index is 5.24. The minimum Gasteiger partial charge on any atom is -0.497 e. The van der Waals surface area contributed by atoms with E-state index in [0.29, 0.717) is 0 Å². The zero-order valence-corrected chi connectivity index (χ0v) is 11.3. The summed E-state index contributed by atoms with van der Waals surface area (Å²) in [4.78, 5) is 6.76. The summed E-state index contributed by atoms with van der Waals surface area (Å²) in [5.41, 5.74) is 2.06. The number of methoxy groups -OCH3 is 1. The van der Waals surface area contributed by atoms with Crippen LogP contribution in [0.2, 0.25) is 0 Å². The van der Waals surface area contributed by atoms with Crippen LogP contribution in [0.3, 0.4) is 0 Å². The predicted molar refractivity (Wildman–Crippen MR) is 70.4 cm³/mol. The SMILES string of the molecule is CCNCCN(C)Cc1cc(OC)cc(C)n1. The van der Waals surface area contributed by atoms with Crippen LogP contribution in [0.4, 0.5) is 0 Å². The normalized spacial score (nSPS) is 10.9. The van der Waals surface area contributed by atoms with E-state index in [1.165, 1.54) is 0 Å². The Hall–Kier alpha value is -1.13. The van der Waals surface area contributed by atoms with E-state index < -0.39 is 0 Å². The van der Waals surface area contributed by atoms with Crippen molar-refractivity contribution < 1.29 is 4.74 Å². The van der Waals surface area contributed by atoms with Crippen LogP contribution in [0.1, 0.15) is 18.3 Å². The summed E-state index contributed by atoms with van der Waals surface area (Å²) in [6, 6.07) is 3.94. The number of hydrogen-bond acceptors (Lipinski definition) is 4. The molecule has 17 heavy (non-hydrogen) atoms. The van der Waals surface area contributed by atoms with Gasteiger partial charge >= 0.3 is 0 Å². The van der Waals surface area contributed by atoms with Gasteiger partial charge in [0, 0.05) is 37.5 Å². The average Bonchev–Trinajstić information content (AvgIpc) is 2.28. The number of aryl methyl sites for hydroxylation is 1. The second kappa shape index (κ2) is 7.25. The minimum atomic E-state index is 0.851. The van der Waals surface area contributed by atoms with Crippen LogP contribution in [-0.2, 0) is 6.54 Å². The standard InChI is InChI=1S/C13H23N3O/c1-5-14-6-7-16(3)10-12-9-13(17-4)8-11(2)15-12/h8-9,14H,5-7,10H2,1-4H3. The number of aromatic nitrogens is 1. The van der Waals surface area contributed by atoms with Gasteiger partial charge in [0.25, 0.3) is 0 Å². The van der Waals surface area contributed by atoms with Gasteiger partial charge in [0.05, 0.1) is 12.8 Å². The smallest absolute Gasteiger partial charge is 0.122 e. The molecule has 0 aromatic carbocycles. The van der Waals surface area contributed by atoms with Gasteiger partial charge in [0.15, 0.2) is 0 Å². The van der Waals surface area contributed by atoms with Gasteiger partial charge < -0.3 is 10.1 Å². The fourth-order valence-corrected chi connectivity index (χ4v) is 1.70. The van der Waals surface area contributed by atoms with Crippen LogP contribution < -0.4 is 10.1 Å². The molecule has 0 atom stereocenters. The van der Waals surface area contributed by atoms with Gasteiger partial charge in [-0.1, -0.05) is 6.92 Å². The van der Waals surface area contributed by atoms with Gasteiger partial charge in [-0.3, -0.25) is 9.88 Å². The van der Waals surface area contributed by atoms with Crippen LogP contribution in [0.5, 0.6) is 5.75 Å². The van der Waals surface area contributed by atoms with Crippen molar-refractivity contribution in [3.63, 3.8) is 0 Å². The van der Waals surface area contributed by atoms with Gasteiger partial charge in [-0.25, -0.2) is 0 Å². The second-order valence-electron chi connectivity index (χ2n) is 4.23. The summed E-state index contributed by atoms with van der Waals surface area (Å²) in [5, 5.41) is 3.31. The van der Waals surface area contributed by atoms with E-state index in [1.54, 1.807) is 7.11 Å². The fraction of sp³-hybridized carbons (Fsp3) is 0.615. The largest absolute Gasteiger partial charge is 0.497 e. The van der Waals surface area contributed by atoms with Crippen LogP contribution >= 0.6 is 0 Å². The molecule has 4 nitrogen and oxygen atoms in total. The minimum absolute atomic E-state index is 0.851. The molecular weight excluding hydrogens is 214 g/mol. The molecule has 96 valence electrons. The maximum Gasteiger partial charge on any atom is 0.122 e. The van der Waals surface area contributed by atoms with Crippen molar-refractivity contribution in [2.45, 2.75) is 20.4 Å². The van der Waals surface area contributed by atoms with E-state index in [1.807, 2.05) is 19.1 Å². The maximum absolute atomic E-state index is 5.24. The molecule has 4 heteroatoms. The molecule has 1 aromatic rings. The molecule has 0 aliphatic carbocycles. The third kappa shape index (κ3) is 5.15. The molecule has 0 bridgehead atoms. The molecule has 1 aromatic heterocycles. The summed E-state index contributed by atoms with van der Waals surface area (Å²) in [5.74, 6) is 0.882. The van der Waals surface area contributed by atoms with Crippen molar-refractivity contribution in [1.82, 2.24) is 15.2 Å². The zero-order valence-electron chi connectivity index (χ0n) is 11.3. The van der Waals surface area contributed by atoms with E-state index in [4.69, 9.17) is 4.74 Å². The highest BCUT2D eigenvalue weighted by Gasteiger charge is 2.04. The highest BCUT2D eigenvalue weighted by atomic mass is 16.5. The average molecular weight is 237 g/mol. The summed E-state index contributed by atoms with van der Waals surface area (Å²) in [7, 11) is 3.79. The molecule has 1 rings (SSSR count). The molecule has 0 unspecified atom stereocenters. The van der Waals surface area contributed by atoms with Crippen molar-refractivity contribution in [2.75, 3.05) is 33.8 Å². The number of likely N-dealkylation sites (N-methyl/N-ethyl adjacent to an activating group) is 2. The lowest BCUT2D eigenvalue weighted by Crippen LogP contribution is -2.29. The Morgan fingerprint density at radius 1 is 1.41 bits per heavy atom. The topological polar surface area (TPSA) is 37.4 Å². The third-order valence-corrected chi connectivity index (χ3v) is 2.57. The quantitative estimate of drug-likeness (QED) is 0.728. The Balaban J connectivity index is 2.52. The molecule has 1 N–H and O–H groups in total. The zero-order chi connectivity index (χ0) is 12.7. The second-order valence-corrected chi connectivity index (χ2v) is 4.23. The van der Waals surface area contributed by atoms with Crippen LogP contribution in [0, 0.1) is 6.92 Å². The Kier molecular flexibility index (Phi) is 5.94. The molecule has 0 saturated carbocycles. The Labute approximate surface area is 104 Å². The summed E-state index contributed by atoms with van der Waals surface area (Å²) < 4.78 is 5.24. The Morgan fingerprint density at radius 2 is 2.18 bits per heavy atom. The van der Waals surface area contributed by atoms with Crippen molar-refractivity contribution in [2.24, 2.45) is 0 Å². The fourth-order valence-electron chi connectivity index (χ4n) is 1.70. The lowest BCUT2D eigenvalue weighted by Gasteiger charge is -2.16. The van der Waals surface area contributed by atoms with E-state index >= 15 is 0 Å². The van der Waals surface area contributed by atoms with E-state index in [0.717, 1.165) is 43.3 Å². The first-order chi connectivity index (χ1) is 8.15. The van der Waals surface area contributed by atoms with Crippen molar-refractivity contribution >= 4 is 0 Å². The Bertz CT molecular complexity index is 341. The predicted octanol–water partition coefficient (Wildman–Crippen LogP) is 1.44. The molecule has 0 spiro atoms. The van der Waals surface area contributed by atoms with Crippen molar-refractivity contribution in [3.8, 4) is 5.75 Å². The van der Waals surface area contributed by atoms with Crippen molar-refractivity contribution in [3.05, 3.63) is 23.5 Å². The molecule has 0 aliphatic heterocycles. The summed E-state index contributed by atoms with van der Waals surface area (Å²) >= 11 is 0. The van der Waals surface area contributed by atoms with E-state index in [-0.39, 0.29) is 0 Å². The number of nitrogens with zero attached hydrogens (tertiary/aromatic N) is 2.